The van der Waals surface area contributed by atoms with Gasteiger partial charge in [-0.3, -0.25) is 9.55 Å². The summed E-state index contributed by atoms with van der Waals surface area (Å²) in [6.45, 7) is 2.16. The summed E-state index contributed by atoms with van der Waals surface area (Å²) >= 11 is 5.91. The summed E-state index contributed by atoms with van der Waals surface area (Å²) < 4.78 is 2.18. The summed E-state index contributed by atoms with van der Waals surface area (Å²) in [5.74, 6) is 1.54. The zero-order chi connectivity index (χ0) is 13.9. The van der Waals surface area contributed by atoms with Crippen LogP contribution in [0, 0.1) is 0 Å². The Hall–Kier alpha value is -1.87. The lowest BCUT2D eigenvalue weighted by molar-refractivity contribution is 0.910. The van der Waals surface area contributed by atoms with Gasteiger partial charge < -0.3 is 0 Å². The monoisotopic (exact) mass is 285 g/mol. The maximum atomic E-state index is 5.91. The fraction of sp³-hybridized carbons (Fsp3) is 0.250. The molecule has 3 aromatic rings. The molecule has 0 atom stereocenters. The molecule has 3 rings (SSSR count). The number of hydrogen-bond donors (Lipinski definition) is 0. The number of hydrogen-bond acceptors (Lipinski definition) is 2. The summed E-state index contributed by atoms with van der Waals surface area (Å²) in [5, 5.41) is 0. The van der Waals surface area contributed by atoms with Gasteiger partial charge in [-0.2, -0.15) is 0 Å². The smallest absolute Gasteiger partial charge is 0.115 e. The number of fused-ring (bicyclic) bond motifs is 1. The second kappa shape index (κ2) is 5.63. The molecule has 0 fully saturated rings. The predicted octanol–water partition coefficient (Wildman–Crippen LogP) is 3.76. The minimum atomic E-state index is 0.560. The van der Waals surface area contributed by atoms with Gasteiger partial charge in [0.15, 0.2) is 0 Å². The number of aromatic nitrogens is 3. The zero-order valence-corrected chi connectivity index (χ0v) is 12.1. The molecule has 2 heterocycles. The van der Waals surface area contributed by atoms with Crippen LogP contribution in [0.1, 0.15) is 18.3 Å². The van der Waals surface area contributed by atoms with Gasteiger partial charge >= 0.3 is 0 Å². The molecule has 0 saturated carbocycles. The number of benzene rings is 1. The quantitative estimate of drug-likeness (QED) is 0.683. The van der Waals surface area contributed by atoms with Crippen LogP contribution in [0.5, 0.6) is 0 Å². The summed E-state index contributed by atoms with van der Waals surface area (Å²) in [5.41, 5.74) is 4.44. The van der Waals surface area contributed by atoms with Gasteiger partial charge in [0.1, 0.15) is 11.3 Å². The number of pyridine rings is 1. The fourth-order valence-corrected chi connectivity index (χ4v) is 2.61. The first-order valence-corrected chi connectivity index (χ1v) is 7.33. The van der Waals surface area contributed by atoms with Crippen molar-refractivity contribution in [2.24, 2.45) is 0 Å². The first-order chi connectivity index (χ1) is 9.83. The normalized spacial score (nSPS) is 11.1. The molecule has 0 aliphatic rings. The fourth-order valence-electron chi connectivity index (χ4n) is 2.44. The standard InChI is InChI=1S/C16H16ClN3/c1-2-12-4-3-5-13(10-12)20-15-7-9-18-11-14(15)19-16(20)6-8-17/h3-5,7,9-11H,2,6,8H2,1H3. The summed E-state index contributed by atoms with van der Waals surface area (Å²) in [6, 6.07) is 10.5. The second-order valence-electron chi connectivity index (χ2n) is 4.69. The van der Waals surface area contributed by atoms with E-state index in [0.717, 1.165) is 35.4 Å². The molecule has 0 saturated heterocycles. The Bertz CT molecular complexity index is 733. The number of rotatable bonds is 4. The SMILES string of the molecule is CCc1cccc(-n2c(CCCl)nc3cnccc32)c1. The topological polar surface area (TPSA) is 30.7 Å². The molecule has 1 aromatic carbocycles. The van der Waals surface area contributed by atoms with E-state index in [1.54, 1.807) is 12.4 Å². The largest absolute Gasteiger partial charge is 0.296 e. The second-order valence-corrected chi connectivity index (χ2v) is 5.07. The maximum absolute atomic E-state index is 5.91. The van der Waals surface area contributed by atoms with Crippen LogP contribution in [-0.2, 0) is 12.8 Å². The van der Waals surface area contributed by atoms with E-state index in [1.165, 1.54) is 5.56 Å². The first-order valence-electron chi connectivity index (χ1n) is 6.80. The average molecular weight is 286 g/mol. The van der Waals surface area contributed by atoms with Crippen molar-refractivity contribution in [3.8, 4) is 5.69 Å². The van der Waals surface area contributed by atoms with Crippen molar-refractivity contribution in [2.45, 2.75) is 19.8 Å². The van der Waals surface area contributed by atoms with E-state index in [1.807, 2.05) is 6.07 Å². The van der Waals surface area contributed by atoms with Crippen molar-refractivity contribution in [3.63, 3.8) is 0 Å². The molecule has 2 aromatic heterocycles. The Kier molecular flexibility index (Phi) is 3.70. The van der Waals surface area contributed by atoms with E-state index in [9.17, 15) is 0 Å². The lowest BCUT2D eigenvalue weighted by atomic mass is 10.1. The number of nitrogens with zero attached hydrogens (tertiary/aromatic N) is 3. The molecule has 0 unspecified atom stereocenters. The molecule has 20 heavy (non-hydrogen) atoms. The Morgan fingerprint density at radius 3 is 2.95 bits per heavy atom. The Balaban J connectivity index is 2.24. The minimum Gasteiger partial charge on any atom is -0.296 e. The van der Waals surface area contributed by atoms with Crippen LogP contribution < -0.4 is 0 Å². The molecular formula is C16H16ClN3. The number of aryl methyl sites for hydroxylation is 2. The lowest BCUT2D eigenvalue weighted by Gasteiger charge is -2.10. The third-order valence-electron chi connectivity index (χ3n) is 3.42. The number of imidazole rings is 1. The number of alkyl halides is 1. The summed E-state index contributed by atoms with van der Waals surface area (Å²) in [6.07, 6.45) is 5.36. The average Bonchev–Trinajstić information content (AvgIpc) is 2.85. The van der Waals surface area contributed by atoms with Crippen LogP contribution in [0.3, 0.4) is 0 Å². The van der Waals surface area contributed by atoms with Crippen LogP contribution in [0.15, 0.2) is 42.7 Å². The van der Waals surface area contributed by atoms with Crippen LogP contribution >= 0.6 is 11.6 Å². The summed E-state index contributed by atoms with van der Waals surface area (Å²) in [7, 11) is 0. The van der Waals surface area contributed by atoms with Gasteiger partial charge in [-0.1, -0.05) is 19.1 Å². The van der Waals surface area contributed by atoms with Gasteiger partial charge in [-0.05, 0) is 30.2 Å². The van der Waals surface area contributed by atoms with Crippen molar-refractivity contribution in [2.75, 3.05) is 5.88 Å². The molecule has 102 valence electrons. The molecule has 0 N–H and O–H groups in total. The number of halogens is 1. The molecular weight excluding hydrogens is 270 g/mol. The van der Waals surface area contributed by atoms with E-state index in [4.69, 9.17) is 11.6 Å². The van der Waals surface area contributed by atoms with E-state index >= 15 is 0 Å². The third-order valence-corrected chi connectivity index (χ3v) is 3.61. The summed E-state index contributed by atoms with van der Waals surface area (Å²) in [4.78, 5) is 8.80. The lowest BCUT2D eigenvalue weighted by Crippen LogP contribution is -2.02. The van der Waals surface area contributed by atoms with E-state index in [0.29, 0.717) is 5.88 Å². The zero-order valence-electron chi connectivity index (χ0n) is 11.4. The van der Waals surface area contributed by atoms with Crippen molar-refractivity contribution in [1.82, 2.24) is 14.5 Å². The molecule has 0 bridgehead atoms. The van der Waals surface area contributed by atoms with Crippen molar-refractivity contribution >= 4 is 22.6 Å². The molecule has 3 nitrogen and oxygen atoms in total. The third kappa shape index (κ3) is 2.29. The van der Waals surface area contributed by atoms with Gasteiger partial charge in [0.2, 0.25) is 0 Å². The first kappa shape index (κ1) is 13.1. The van der Waals surface area contributed by atoms with Crippen LogP contribution in [0.4, 0.5) is 0 Å². The van der Waals surface area contributed by atoms with Gasteiger partial charge in [0.05, 0.1) is 11.7 Å². The molecule has 0 amide bonds. The molecule has 0 radical (unpaired) electrons. The Morgan fingerprint density at radius 2 is 2.15 bits per heavy atom. The molecule has 0 aliphatic heterocycles. The van der Waals surface area contributed by atoms with E-state index < -0.39 is 0 Å². The van der Waals surface area contributed by atoms with Crippen LogP contribution in [0.2, 0.25) is 0 Å². The Morgan fingerprint density at radius 1 is 1.25 bits per heavy atom. The highest BCUT2D eigenvalue weighted by atomic mass is 35.5. The minimum absolute atomic E-state index is 0.560. The molecule has 0 aliphatic carbocycles. The van der Waals surface area contributed by atoms with E-state index in [2.05, 4.69) is 45.7 Å². The highest BCUT2D eigenvalue weighted by molar-refractivity contribution is 6.17. The van der Waals surface area contributed by atoms with Gasteiger partial charge in [-0.25, -0.2) is 4.98 Å². The van der Waals surface area contributed by atoms with Crippen molar-refractivity contribution in [3.05, 3.63) is 54.1 Å². The van der Waals surface area contributed by atoms with Gasteiger partial charge in [-0.15, -0.1) is 11.6 Å². The molecule has 0 spiro atoms. The highest BCUT2D eigenvalue weighted by Crippen LogP contribution is 2.22. The Labute approximate surface area is 123 Å². The van der Waals surface area contributed by atoms with E-state index in [-0.39, 0.29) is 0 Å². The molecule has 4 heteroatoms. The van der Waals surface area contributed by atoms with Crippen molar-refractivity contribution < 1.29 is 0 Å². The van der Waals surface area contributed by atoms with Crippen molar-refractivity contribution in [1.29, 1.82) is 0 Å². The van der Waals surface area contributed by atoms with Gasteiger partial charge in [0, 0.05) is 24.2 Å². The highest BCUT2D eigenvalue weighted by Gasteiger charge is 2.12. The predicted molar refractivity (Wildman–Crippen MR) is 82.7 cm³/mol. The van der Waals surface area contributed by atoms with Crippen LogP contribution in [0.25, 0.3) is 16.7 Å². The van der Waals surface area contributed by atoms with Gasteiger partial charge in [0.25, 0.3) is 0 Å². The van der Waals surface area contributed by atoms with Crippen LogP contribution in [-0.4, -0.2) is 20.4 Å². The maximum Gasteiger partial charge on any atom is 0.115 e.